The van der Waals surface area contributed by atoms with Gasteiger partial charge in [0.1, 0.15) is 61.0 Å². The highest BCUT2D eigenvalue weighted by Gasteiger charge is 2.54. The maximum absolute atomic E-state index is 11.3. The molecule has 3 saturated heterocycles. The van der Waals surface area contributed by atoms with Crippen molar-refractivity contribution >= 4 is 5.97 Å². The third-order valence-electron chi connectivity index (χ3n) is 6.02. The van der Waals surface area contributed by atoms with Gasteiger partial charge in [0.25, 0.3) is 0 Å². The van der Waals surface area contributed by atoms with Gasteiger partial charge in [0, 0.05) is 0 Å². The van der Waals surface area contributed by atoms with Crippen LogP contribution in [0.15, 0.2) is 0 Å². The van der Waals surface area contributed by atoms with Crippen LogP contribution in [0.25, 0.3) is 0 Å². The molecule has 16 heteroatoms. The van der Waals surface area contributed by atoms with Crippen molar-refractivity contribution < 1.29 is 79.5 Å². The smallest absolute Gasteiger partial charge is 0.335 e. The van der Waals surface area contributed by atoms with Gasteiger partial charge in [-0.05, 0) is 6.92 Å². The minimum Gasteiger partial charge on any atom is -0.479 e. The summed E-state index contributed by atoms with van der Waals surface area (Å²) in [5.41, 5.74) is 0. The number of aliphatic carboxylic acids is 1. The van der Waals surface area contributed by atoms with E-state index in [2.05, 4.69) is 0 Å². The summed E-state index contributed by atoms with van der Waals surface area (Å²) in [5.74, 6) is -1.69. The lowest BCUT2D eigenvalue weighted by molar-refractivity contribution is -0.379. The molecule has 3 heterocycles. The first kappa shape index (κ1) is 27.5. The number of rotatable bonds is 6. The van der Waals surface area contributed by atoms with Crippen LogP contribution in [0.3, 0.4) is 0 Å². The number of aliphatic hydroxyl groups is 9. The summed E-state index contributed by atoms with van der Waals surface area (Å²) in [6, 6.07) is 0. The lowest BCUT2D eigenvalue weighted by atomic mass is 9.96. The van der Waals surface area contributed by atoms with E-state index in [1.165, 1.54) is 6.92 Å². The fraction of sp³-hybridized carbons (Fsp3) is 0.944. The Labute approximate surface area is 192 Å². The number of carboxylic acid groups (broad SMARTS) is 1. The van der Waals surface area contributed by atoms with Crippen LogP contribution < -0.4 is 0 Å². The lowest BCUT2D eigenvalue weighted by Crippen LogP contribution is -2.66. The highest BCUT2D eigenvalue weighted by Crippen LogP contribution is 2.32. The van der Waals surface area contributed by atoms with E-state index in [-0.39, 0.29) is 0 Å². The summed E-state index contributed by atoms with van der Waals surface area (Å²) >= 11 is 0. The zero-order valence-electron chi connectivity index (χ0n) is 17.8. The molecule has 15 unspecified atom stereocenters. The van der Waals surface area contributed by atoms with Crippen molar-refractivity contribution in [2.75, 3.05) is 6.61 Å². The quantitative estimate of drug-likeness (QED) is 0.162. The van der Waals surface area contributed by atoms with E-state index in [9.17, 15) is 50.8 Å². The monoisotopic (exact) mass is 502 g/mol. The van der Waals surface area contributed by atoms with Crippen molar-refractivity contribution in [3.63, 3.8) is 0 Å². The minimum atomic E-state index is -2.03. The van der Waals surface area contributed by atoms with Crippen LogP contribution in [0, 0.1) is 0 Å². The van der Waals surface area contributed by atoms with E-state index in [0.29, 0.717) is 0 Å². The highest BCUT2D eigenvalue weighted by molar-refractivity contribution is 5.73. The molecule has 16 nitrogen and oxygen atoms in total. The van der Waals surface area contributed by atoms with Crippen molar-refractivity contribution in [3.8, 4) is 0 Å². The van der Waals surface area contributed by atoms with Crippen LogP contribution >= 0.6 is 0 Å². The first-order valence-corrected chi connectivity index (χ1v) is 10.4. The molecule has 0 amide bonds. The van der Waals surface area contributed by atoms with Crippen molar-refractivity contribution in [3.05, 3.63) is 0 Å². The van der Waals surface area contributed by atoms with Crippen molar-refractivity contribution in [1.82, 2.24) is 0 Å². The number of hydrogen-bond donors (Lipinski definition) is 10. The number of carboxylic acids is 1. The third kappa shape index (κ3) is 5.20. The largest absolute Gasteiger partial charge is 0.479 e. The Morgan fingerprint density at radius 2 is 1.29 bits per heavy atom. The number of aliphatic hydroxyl groups excluding tert-OH is 9. The SMILES string of the molecule is CC1OC(O)C(OC2OC(CO)C(O)C(OC3OC(C(=O)O)C(O)C(O)C3O)C2O)C(O)C1O. The Bertz CT molecular complexity index is 695. The van der Waals surface area contributed by atoms with Gasteiger partial charge in [0.05, 0.1) is 12.7 Å². The average Bonchev–Trinajstić information content (AvgIpc) is 2.78. The van der Waals surface area contributed by atoms with Gasteiger partial charge in [0.2, 0.25) is 0 Å². The predicted octanol–water partition coefficient (Wildman–Crippen LogP) is -6.45. The van der Waals surface area contributed by atoms with Crippen molar-refractivity contribution in [2.24, 2.45) is 0 Å². The summed E-state index contributed by atoms with van der Waals surface area (Å²) in [6.45, 7) is 0.541. The molecule has 0 radical (unpaired) electrons. The molecule has 0 aliphatic carbocycles. The second kappa shape index (κ2) is 10.9. The average molecular weight is 502 g/mol. The Hall–Kier alpha value is -1.09. The number of ether oxygens (including phenoxy) is 5. The second-order valence-electron chi connectivity index (χ2n) is 8.36. The van der Waals surface area contributed by atoms with Gasteiger partial charge in [-0.15, -0.1) is 0 Å². The Morgan fingerprint density at radius 1 is 0.706 bits per heavy atom. The number of hydrogen-bond acceptors (Lipinski definition) is 15. The molecule has 10 N–H and O–H groups in total. The van der Waals surface area contributed by atoms with Gasteiger partial charge in [-0.1, -0.05) is 0 Å². The van der Waals surface area contributed by atoms with E-state index < -0.39 is 105 Å². The molecule has 3 rings (SSSR count). The standard InChI is InChI=1S/C18H30O16/c1-3-5(20)8(23)14(16(29)30-3)34-18-11(26)12(6(21)4(2-19)31-18)32-17-10(25)7(22)9(24)13(33-17)15(27)28/h3-14,16-26,29H,2H2,1H3,(H,27,28). The predicted molar refractivity (Wildman–Crippen MR) is 100 cm³/mol. The summed E-state index contributed by atoms with van der Waals surface area (Å²) in [4.78, 5) is 11.3. The number of carbonyl (C=O) groups is 1. The van der Waals surface area contributed by atoms with Crippen LogP contribution in [0.2, 0.25) is 0 Å². The van der Waals surface area contributed by atoms with Crippen LogP contribution in [-0.4, -0.2) is 156 Å². The van der Waals surface area contributed by atoms with Gasteiger partial charge in [0.15, 0.2) is 25.0 Å². The summed E-state index contributed by atoms with van der Waals surface area (Å²) in [7, 11) is 0. The van der Waals surface area contributed by atoms with E-state index in [1.807, 2.05) is 0 Å². The van der Waals surface area contributed by atoms with Gasteiger partial charge in [-0.3, -0.25) is 0 Å². The maximum atomic E-state index is 11.3. The molecule has 0 saturated carbocycles. The Morgan fingerprint density at radius 3 is 1.88 bits per heavy atom. The summed E-state index contributed by atoms with van der Waals surface area (Å²) < 4.78 is 26.0. The van der Waals surface area contributed by atoms with Gasteiger partial charge >= 0.3 is 5.97 Å². The second-order valence-corrected chi connectivity index (χ2v) is 8.36. The molecule has 198 valence electrons. The zero-order valence-corrected chi connectivity index (χ0v) is 17.8. The van der Waals surface area contributed by atoms with Crippen LogP contribution in [-0.2, 0) is 28.5 Å². The summed E-state index contributed by atoms with van der Waals surface area (Å²) in [6.07, 6.45) is -26.4. The van der Waals surface area contributed by atoms with Gasteiger partial charge in [-0.2, -0.15) is 0 Å². The van der Waals surface area contributed by atoms with Crippen molar-refractivity contribution in [1.29, 1.82) is 0 Å². The van der Waals surface area contributed by atoms with Crippen LogP contribution in [0.5, 0.6) is 0 Å². The highest BCUT2D eigenvalue weighted by atomic mass is 16.8. The van der Waals surface area contributed by atoms with E-state index in [0.717, 1.165) is 0 Å². The van der Waals surface area contributed by atoms with Gasteiger partial charge in [-0.25, -0.2) is 4.79 Å². The lowest BCUT2D eigenvalue weighted by Gasteiger charge is -2.47. The molecule has 34 heavy (non-hydrogen) atoms. The molecular formula is C18H30O16. The van der Waals surface area contributed by atoms with Gasteiger partial charge < -0.3 is 74.7 Å². The normalized spacial score (nSPS) is 52.4. The fourth-order valence-corrected chi connectivity index (χ4v) is 3.97. The molecule has 15 atom stereocenters. The van der Waals surface area contributed by atoms with E-state index in [1.54, 1.807) is 0 Å². The maximum Gasteiger partial charge on any atom is 0.335 e. The zero-order chi connectivity index (χ0) is 25.5. The van der Waals surface area contributed by atoms with Crippen molar-refractivity contribution in [2.45, 2.75) is 99.0 Å². The molecular weight excluding hydrogens is 472 g/mol. The van der Waals surface area contributed by atoms with Crippen LogP contribution in [0.1, 0.15) is 6.92 Å². The Balaban J connectivity index is 1.78. The molecule has 0 bridgehead atoms. The minimum absolute atomic E-state index is 0.841. The van der Waals surface area contributed by atoms with E-state index >= 15 is 0 Å². The molecule has 0 aromatic carbocycles. The Kier molecular flexibility index (Phi) is 8.81. The first-order chi connectivity index (χ1) is 15.9. The fourth-order valence-electron chi connectivity index (χ4n) is 3.97. The van der Waals surface area contributed by atoms with E-state index in [4.69, 9.17) is 28.8 Å². The molecule has 0 aromatic rings. The molecule has 3 fully saturated rings. The topological polar surface area (TPSA) is 266 Å². The molecule has 0 spiro atoms. The molecule has 3 aliphatic rings. The van der Waals surface area contributed by atoms with Crippen LogP contribution in [0.4, 0.5) is 0 Å². The molecule has 0 aromatic heterocycles. The third-order valence-corrected chi connectivity index (χ3v) is 6.02. The summed E-state index contributed by atoms with van der Waals surface area (Å²) in [5, 5.41) is 100.0. The molecule has 3 aliphatic heterocycles. The first-order valence-electron chi connectivity index (χ1n) is 10.4.